The molecule has 3 aromatic rings. The molecule has 3 aliphatic rings. The summed E-state index contributed by atoms with van der Waals surface area (Å²) < 4.78 is 53.9. The lowest BCUT2D eigenvalue weighted by Gasteiger charge is -2.37. The van der Waals surface area contributed by atoms with Gasteiger partial charge in [0.05, 0.1) is 48.6 Å². The number of aromatic nitrogens is 5. The van der Waals surface area contributed by atoms with Crippen molar-refractivity contribution in [1.82, 2.24) is 40.3 Å². The predicted molar refractivity (Wildman–Crippen MR) is 169 cm³/mol. The zero-order valence-corrected chi connectivity index (χ0v) is 26.7. The van der Waals surface area contributed by atoms with Crippen molar-refractivity contribution in [2.45, 2.75) is 38.4 Å². The molecule has 1 aliphatic carbocycles. The Bertz CT molecular complexity index is 1580. The van der Waals surface area contributed by atoms with Crippen LogP contribution in [0.4, 0.5) is 24.5 Å². The summed E-state index contributed by atoms with van der Waals surface area (Å²) in [4.78, 5) is 33.0. The first-order valence-corrected chi connectivity index (χ1v) is 16.2. The van der Waals surface area contributed by atoms with Gasteiger partial charge in [0.25, 0.3) is 11.8 Å². The van der Waals surface area contributed by atoms with E-state index in [-0.39, 0.29) is 29.8 Å². The molecule has 2 aromatic heterocycles. The molecule has 1 saturated carbocycles. The maximum atomic E-state index is 14.0. The van der Waals surface area contributed by atoms with E-state index in [4.69, 9.17) is 9.47 Å². The second-order valence-corrected chi connectivity index (χ2v) is 11.9. The van der Waals surface area contributed by atoms with Gasteiger partial charge in [0.1, 0.15) is 0 Å². The number of hydrogen-bond donors (Lipinski definition) is 2. The molecule has 48 heavy (non-hydrogen) atoms. The average Bonchev–Trinajstić information content (AvgIpc) is 3.82. The van der Waals surface area contributed by atoms with E-state index in [9.17, 15) is 22.8 Å². The number of ether oxygens (including phenoxy) is 2. The molecule has 2 amide bonds. The van der Waals surface area contributed by atoms with Gasteiger partial charge in [-0.25, -0.2) is 4.68 Å². The van der Waals surface area contributed by atoms with Gasteiger partial charge in [-0.1, -0.05) is 5.21 Å². The first-order valence-electron chi connectivity index (χ1n) is 16.2. The molecular formula is C31H39F3N10O4. The zero-order valence-electron chi connectivity index (χ0n) is 26.7. The molecule has 2 saturated heterocycles. The molecule has 17 heteroatoms. The van der Waals surface area contributed by atoms with E-state index in [0.29, 0.717) is 56.3 Å². The van der Waals surface area contributed by atoms with Gasteiger partial charge in [-0.15, -0.1) is 15.3 Å². The number of benzene rings is 1. The molecule has 2 N–H and O–H groups in total. The quantitative estimate of drug-likeness (QED) is 0.274. The van der Waals surface area contributed by atoms with Crippen molar-refractivity contribution in [2.24, 2.45) is 0 Å². The van der Waals surface area contributed by atoms with E-state index in [1.54, 1.807) is 25.1 Å². The number of piperazine rings is 1. The van der Waals surface area contributed by atoms with Crippen LogP contribution in [0.5, 0.6) is 5.88 Å². The SMILES string of the molecule is CCOc1cc(C(F)(F)F)c(C(=O)Nc2cc(-n3cc(C(=O)NCCCN4CCOCC4)nn3)ccc2N2CCN(C3CC3)CC2)nn1. The van der Waals surface area contributed by atoms with Gasteiger partial charge in [-0.2, -0.15) is 13.2 Å². The number of hydrogen-bond acceptors (Lipinski definition) is 11. The Labute approximate surface area is 275 Å². The van der Waals surface area contributed by atoms with Gasteiger partial charge < -0.3 is 25.0 Å². The van der Waals surface area contributed by atoms with Crippen LogP contribution in [0.15, 0.2) is 30.5 Å². The zero-order chi connectivity index (χ0) is 33.7. The number of nitrogens with one attached hydrogen (secondary N) is 2. The van der Waals surface area contributed by atoms with Gasteiger partial charge in [-0.3, -0.25) is 19.4 Å². The van der Waals surface area contributed by atoms with E-state index in [0.717, 1.165) is 39.1 Å². The molecule has 0 radical (unpaired) electrons. The van der Waals surface area contributed by atoms with Crippen LogP contribution in [-0.4, -0.2) is 125 Å². The molecule has 258 valence electrons. The third-order valence-electron chi connectivity index (χ3n) is 8.56. The largest absolute Gasteiger partial charge is 0.477 e. The molecular weight excluding hydrogens is 633 g/mol. The smallest absolute Gasteiger partial charge is 0.418 e. The first kappa shape index (κ1) is 33.5. The molecule has 6 rings (SSSR count). The van der Waals surface area contributed by atoms with E-state index in [2.05, 4.69) is 45.8 Å². The fourth-order valence-corrected chi connectivity index (χ4v) is 5.88. The molecule has 2 aliphatic heterocycles. The minimum Gasteiger partial charge on any atom is -0.477 e. The molecule has 0 spiro atoms. The van der Waals surface area contributed by atoms with Crippen molar-refractivity contribution in [3.05, 3.63) is 47.4 Å². The third kappa shape index (κ3) is 8.19. The molecule has 0 bridgehead atoms. The lowest BCUT2D eigenvalue weighted by atomic mass is 10.1. The van der Waals surface area contributed by atoms with Crippen molar-refractivity contribution in [3.8, 4) is 11.6 Å². The van der Waals surface area contributed by atoms with Gasteiger partial charge in [0.2, 0.25) is 5.88 Å². The molecule has 4 heterocycles. The first-order chi connectivity index (χ1) is 23.2. The van der Waals surface area contributed by atoms with E-state index in [1.807, 2.05) is 0 Å². The lowest BCUT2D eigenvalue weighted by molar-refractivity contribution is -0.138. The lowest BCUT2D eigenvalue weighted by Crippen LogP contribution is -2.47. The highest BCUT2D eigenvalue weighted by Gasteiger charge is 2.38. The Morgan fingerprint density at radius 3 is 2.48 bits per heavy atom. The number of carbonyl (C=O) groups excluding carboxylic acids is 2. The Morgan fingerprint density at radius 2 is 1.77 bits per heavy atom. The van der Waals surface area contributed by atoms with Crippen LogP contribution in [-0.2, 0) is 10.9 Å². The summed E-state index contributed by atoms with van der Waals surface area (Å²) in [5.74, 6) is -1.79. The topological polar surface area (TPSA) is 143 Å². The van der Waals surface area contributed by atoms with Crippen molar-refractivity contribution < 1.29 is 32.2 Å². The Kier molecular flexibility index (Phi) is 10.4. The fourth-order valence-electron chi connectivity index (χ4n) is 5.88. The number of halogens is 3. The summed E-state index contributed by atoms with van der Waals surface area (Å²) in [7, 11) is 0. The van der Waals surface area contributed by atoms with Crippen LogP contribution in [0.1, 0.15) is 52.7 Å². The van der Waals surface area contributed by atoms with Crippen LogP contribution in [0, 0.1) is 0 Å². The molecule has 3 fully saturated rings. The van der Waals surface area contributed by atoms with Gasteiger partial charge in [0.15, 0.2) is 11.4 Å². The van der Waals surface area contributed by atoms with Crippen LogP contribution < -0.4 is 20.3 Å². The van der Waals surface area contributed by atoms with E-state index >= 15 is 0 Å². The summed E-state index contributed by atoms with van der Waals surface area (Å²) in [6, 6.07) is 6.41. The highest BCUT2D eigenvalue weighted by atomic mass is 19.4. The second kappa shape index (κ2) is 14.8. The minimum atomic E-state index is -4.88. The summed E-state index contributed by atoms with van der Waals surface area (Å²) in [6.45, 7) is 9.18. The standard InChI is InChI=1S/C31H39F3N10O4/c1-2-48-27-19-23(31(32,33)34)28(39-38-27)30(46)36-24-18-22(6-7-26(24)43-12-10-42(11-13-43)21-4-5-21)44-20-25(37-40-44)29(45)35-8-3-9-41-14-16-47-17-15-41/h6-7,18-21H,2-5,8-17H2,1H3,(H,35,45)(H,36,46). The molecule has 1 aromatic carbocycles. The van der Waals surface area contributed by atoms with Crippen LogP contribution in [0.25, 0.3) is 5.69 Å². The van der Waals surface area contributed by atoms with Gasteiger partial charge in [-0.05, 0) is 50.9 Å². The Hall–Kier alpha value is -4.35. The Balaban J connectivity index is 1.20. The maximum absolute atomic E-state index is 14.0. The maximum Gasteiger partial charge on any atom is 0.418 e. The number of nitrogens with zero attached hydrogens (tertiary/aromatic N) is 8. The highest BCUT2D eigenvalue weighted by molar-refractivity contribution is 6.06. The highest BCUT2D eigenvalue weighted by Crippen LogP contribution is 2.35. The normalized spacial score (nSPS) is 17.7. The monoisotopic (exact) mass is 672 g/mol. The summed E-state index contributed by atoms with van der Waals surface area (Å²) in [6.07, 6.45) is -0.265. The van der Waals surface area contributed by atoms with Gasteiger partial charge in [0, 0.05) is 57.9 Å². The predicted octanol–water partition coefficient (Wildman–Crippen LogP) is 2.46. The molecule has 14 nitrogen and oxygen atoms in total. The molecule has 0 unspecified atom stereocenters. The van der Waals surface area contributed by atoms with Crippen molar-refractivity contribution in [2.75, 3.05) is 82.4 Å². The van der Waals surface area contributed by atoms with E-state index < -0.39 is 23.3 Å². The van der Waals surface area contributed by atoms with Gasteiger partial charge >= 0.3 is 6.18 Å². The van der Waals surface area contributed by atoms with Crippen LogP contribution in [0.2, 0.25) is 0 Å². The van der Waals surface area contributed by atoms with Crippen molar-refractivity contribution >= 4 is 23.2 Å². The molecule has 0 atom stereocenters. The summed E-state index contributed by atoms with van der Waals surface area (Å²) >= 11 is 0. The number of carbonyl (C=O) groups is 2. The second-order valence-electron chi connectivity index (χ2n) is 11.9. The fraction of sp³-hybridized carbons (Fsp3) is 0.548. The van der Waals surface area contributed by atoms with E-state index in [1.165, 1.54) is 23.7 Å². The number of alkyl halides is 3. The summed E-state index contributed by atoms with van der Waals surface area (Å²) in [5.41, 5.74) is -0.704. The Morgan fingerprint density at radius 1 is 1.00 bits per heavy atom. The van der Waals surface area contributed by atoms with Crippen molar-refractivity contribution in [3.63, 3.8) is 0 Å². The number of anilines is 2. The van der Waals surface area contributed by atoms with Crippen molar-refractivity contribution in [1.29, 1.82) is 0 Å². The summed E-state index contributed by atoms with van der Waals surface area (Å²) in [5, 5.41) is 20.9. The van der Waals surface area contributed by atoms with Crippen LogP contribution in [0.3, 0.4) is 0 Å². The number of rotatable bonds is 12. The third-order valence-corrected chi connectivity index (χ3v) is 8.56. The number of morpholine rings is 1. The average molecular weight is 673 g/mol. The number of amides is 2. The van der Waals surface area contributed by atoms with Crippen LogP contribution >= 0.6 is 0 Å². The minimum absolute atomic E-state index is 0.0856.